The van der Waals surface area contributed by atoms with Gasteiger partial charge in [0.25, 0.3) is 5.91 Å². The van der Waals surface area contributed by atoms with E-state index in [9.17, 15) is 27.6 Å². The molecule has 0 spiro atoms. The highest BCUT2D eigenvalue weighted by Crippen LogP contribution is 2.40. The van der Waals surface area contributed by atoms with E-state index >= 15 is 0 Å². The van der Waals surface area contributed by atoms with Gasteiger partial charge in [0, 0.05) is 11.8 Å². The molecule has 2 aromatic carbocycles. The minimum Gasteiger partial charge on any atom is -0.619 e. The van der Waals surface area contributed by atoms with Crippen LogP contribution >= 0.6 is 0 Å². The van der Waals surface area contributed by atoms with Gasteiger partial charge in [-0.25, -0.2) is 4.39 Å². The van der Waals surface area contributed by atoms with Gasteiger partial charge in [0.05, 0.1) is 16.8 Å². The zero-order valence-corrected chi connectivity index (χ0v) is 15.7. The van der Waals surface area contributed by atoms with E-state index in [1.165, 1.54) is 47.5 Å². The maximum atomic E-state index is 13.6. The summed E-state index contributed by atoms with van der Waals surface area (Å²) in [6, 6.07) is 9.92. The first-order valence-electron chi connectivity index (χ1n) is 8.91. The van der Waals surface area contributed by atoms with E-state index in [-0.39, 0.29) is 23.6 Å². The molecule has 1 amide bonds. The largest absolute Gasteiger partial charge is 0.619 e. The van der Waals surface area contributed by atoms with Gasteiger partial charge in [0.15, 0.2) is 6.20 Å². The number of carbonyl (C=O) groups excluding carboxylic acids is 1. The lowest BCUT2D eigenvalue weighted by molar-refractivity contribution is -0.604. The Morgan fingerprint density at radius 2 is 1.77 bits per heavy atom. The number of rotatable bonds is 2. The van der Waals surface area contributed by atoms with Crippen molar-refractivity contribution in [3.63, 3.8) is 0 Å². The van der Waals surface area contributed by atoms with Crippen molar-refractivity contribution in [3.05, 3.63) is 88.6 Å². The molecule has 2 heterocycles. The van der Waals surface area contributed by atoms with Gasteiger partial charge in [-0.05, 0) is 55.0 Å². The second-order valence-corrected chi connectivity index (χ2v) is 6.89. The normalized spacial score (nSPS) is 14.1. The summed E-state index contributed by atoms with van der Waals surface area (Å²) in [7, 11) is 0. The molecule has 4 rings (SSSR count). The zero-order valence-electron chi connectivity index (χ0n) is 15.7. The van der Waals surface area contributed by atoms with Crippen LogP contribution in [0.1, 0.15) is 21.5 Å². The number of aryl methyl sites for hydroxylation is 1. The predicted molar refractivity (Wildman–Crippen MR) is 102 cm³/mol. The lowest BCUT2D eigenvalue weighted by atomic mass is 10.0. The molecule has 5 nitrogen and oxygen atoms in total. The first-order valence-corrected chi connectivity index (χ1v) is 8.91. The van der Waals surface area contributed by atoms with Crippen LogP contribution in [0, 0.1) is 17.9 Å². The second-order valence-electron chi connectivity index (χ2n) is 6.89. The summed E-state index contributed by atoms with van der Waals surface area (Å²) >= 11 is 0. The van der Waals surface area contributed by atoms with Crippen molar-refractivity contribution < 1.29 is 27.1 Å². The van der Waals surface area contributed by atoms with Gasteiger partial charge in [0.1, 0.15) is 18.2 Å². The summed E-state index contributed by atoms with van der Waals surface area (Å²) in [5.74, 6) is -1.12. The molecule has 1 aliphatic rings. The Morgan fingerprint density at radius 3 is 2.43 bits per heavy atom. The Balaban J connectivity index is 1.91. The molecule has 0 fully saturated rings. The lowest BCUT2D eigenvalue weighted by Crippen LogP contribution is -2.46. The number of fused-ring (bicyclic) bond motifs is 1. The van der Waals surface area contributed by atoms with E-state index in [1.807, 2.05) is 0 Å². The van der Waals surface area contributed by atoms with Gasteiger partial charge in [-0.15, -0.1) is 0 Å². The number of hydrogen-bond acceptors (Lipinski definition) is 3. The third kappa shape index (κ3) is 3.42. The fourth-order valence-electron chi connectivity index (χ4n) is 3.48. The Morgan fingerprint density at radius 1 is 1.03 bits per heavy atom. The van der Waals surface area contributed by atoms with E-state index in [0.29, 0.717) is 16.0 Å². The Hall–Kier alpha value is -3.62. The molecule has 154 valence electrons. The maximum absolute atomic E-state index is 13.6. The van der Waals surface area contributed by atoms with Crippen LogP contribution in [-0.2, 0) is 6.18 Å². The molecule has 1 aromatic heterocycles. The summed E-state index contributed by atoms with van der Waals surface area (Å²) in [6.45, 7) is 1.60. The third-order valence-corrected chi connectivity index (χ3v) is 4.89. The standard InChI is InChI=1S/C21H15F4N3O2/c1-13-9-15(22)5-7-18(13)28-12-27(16-3-2-8-26(30)11-16)20(29)17-10-14(21(23,24)25)4-6-19(17)28/h2-11H,12H2,1H3. The van der Waals surface area contributed by atoms with Gasteiger partial charge >= 0.3 is 6.18 Å². The molecule has 3 aromatic rings. The number of anilines is 3. The van der Waals surface area contributed by atoms with E-state index in [0.717, 1.165) is 18.3 Å². The van der Waals surface area contributed by atoms with Gasteiger partial charge in [-0.2, -0.15) is 17.9 Å². The topological polar surface area (TPSA) is 50.5 Å². The Bertz CT molecular complexity index is 1150. The number of pyridine rings is 1. The predicted octanol–water partition coefficient (Wildman–Crippen LogP) is 4.54. The summed E-state index contributed by atoms with van der Waals surface area (Å²) in [6.07, 6.45) is -2.24. The smallest absolute Gasteiger partial charge is 0.416 e. The quantitative estimate of drug-likeness (QED) is 0.349. The Kier molecular flexibility index (Phi) is 4.60. The average molecular weight is 417 g/mol. The molecule has 9 heteroatoms. The molecule has 0 bridgehead atoms. The number of aromatic nitrogens is 1. The highest BCUT2D eigenvalue weighted by molar-refractivity contribution is 6.12. The van der Waals surface area contributed by atoms with Crippen molar-refractivity contribution in [1.82, 2.24) is 0 Å². The van der Waals surface area contributed by atoms with E-state index in [1.54, 1.807) is 11.8 Å². The summed E-state index contributed by atoms with van der Waals surface area (Å²) in [4.78, 5) is 15.9. The van der Waals surface area contributed by atoms with Crippen LogP contribution in [0.5, 0.6) is 0 Å². The number of hydrogen-bond donors (Lipinski definition) is 0. The number of amides is 1. The van der Waals surface area contributed by atoms with E-state index < -0.39 is 23.5 Å². The van der Waals surface area contributed by atoms with Crippen LogP contribution in [0.15, 0.2) is 60.9 Å². The molecular weight excluding hydrogens is 402 g/mol. The lowest BCUT2D eigenvalue weighted by Gasteiger charge is -2.38. The number of alkyl halides is 3. The number of halogens is 4. The minimum absolute atomic E-state index is 0.0618. The van der Waals surface area contributed by atoms with Crippen molar-refractivity contribution in [1.29, 1.82) is 0 Å². The maximum Gasteiger partial charge on any atom is 0.416 e. The van der Waals surface area contributed by atoms with Gasteiger partial charge < -0.3 is 10.1 Å². The monoisotopic (exact) mass is 417 g/mol. The van der Waals surface area contributed by atoms with Crippen LogP contribution in [0.4, 0.5) is 34.6 Å². The zero-order chi connectivity index (χ0) is 21.6. The Labute approximate surface area is 169 Å². The number of carbonyl (C=O) groups is 1. The van der Waals surface area contributed by atoms with Crippen molar-refractivity contribution in [2.24, 2.45) is 0 Å². The number of nitrogens with zero attached hydrogens (tertiary/aromatic N) is 3. The fraction of sp³-hybridized carbons (Fsp3) is 0.143. The van der Waals surface area contributed by atoms with Gasteiger partial charge in [-0.3, -0.25) is 9.69 Å². The molecule has 0 saturated carbocycles. The summed E-state index contributed by atoms with van der Waals surface area (Å²) in [5, 5.41) is 11.7. The second kappa shape index (κ2) is 7.01. The molecule has 0 aliphatic carbocycles. The van der Waals surface area contributed by atoms with Crippen LogP contribution < -0.4 is 14.5 Å². The first-order chi connectivity index (χ1) is 14.1. The van der Waals surface area contributed by atoms with Crippen molar-refractivity contribution in [2.75, 3.05) is 16.5 Å². The van der Waals surface area contributed by atoms with E-state index in [2.05, 4.69) is 0 Å². The fourth-order valence-corrected chi connectivity index (χ4v) is 3.48. The minimum atomic E-state index is -4.63. The molecule has 30 heavy (non-hydrogen) atoms. The van der Waals surface area contributed by atoms with Crippen LogP contribution in [0.3, 0.4) is 0 Å². The van der Waals surface area contributed by atoms with Crippen molar-refractivity contribution >= 4 is 23.0 Å². The van der Waals surface area contributed by atoms with E-state index in [4.69, 9.17) is 0 Å². The summed E-state index contributed by atoms with van der Waals surface area (Å²) in [5.41, 5.74) is 0.443. The molecule has 0 radical (unpaired) electrons. The molecule has 0 atom stereocenters. The van der Waals surface area contributed by atoms with Crippen LogP contribution in [0.2, 0.25) is 0 Å². The van der Waals surface area contributed by atoms with Gasteiger partial charge in [-0.1, -0.05) is 0 Å². The molecule has 0 N–H and O–H groups in total. The molecular formula is C21H15F4N3O2. The first kappa shape index (κ1) is 19.7. The summed E-state index contributed by atoms with van der Waals surface area (Å²) < 4.78 is 53.9. The van der Waals surface area contributed by atoms with Crippen molar-refractivity contribution in [3.8, 4) is 0 Å². The van der Waals surface area contributed by atoms with Crippen LogP contribution in [0.25, 0.3) is 0 Å². The highest BCUT2D eigenvalue weighted by atomic mass is 19.4. The molecule has 0 unspecified atom stereocenters. The molecule has 0 saturated heterocycles. The third-order valence-electron chi connectivity index (χ3n) is 4.89. The van der Waals surface area contributed by atoms with Crippen LogP contribution in [-0.4, -0.2) is 12.6 Å². The average Bonchev–Trinajstić information content (AvgIpc) is 2.68. The van der Waals surface area contributed by atoms with Crippen molar-refractivity contribution in [2.45, 2.75) is 13.1 Å². The highest BCUT2D eigenvalue weighted by Gasteiger charge is 2.37. The molecule has 1 aliphatic heterocycles. The number of benzene rings is 2. The SMILES string of the molecule is Cc1cc(F)ccc1N1CN(c2ccc[n+]([O-])c2)C(=O)c2cc(C(F)(F)F)ccc21. The van der Waals surface area contributed by atoms with Gasteiger partial charge in [0.2, 0.25) is 6.20 Å².